The quantitative estimate of drug-likeness (QED) is 0.517. The smallest absolute Gasteiger partial charge is 0.0292 e. The molecule has 2 unspecified atom stereocenters. The number of unbranched alkanes of at least 4 members (excludes halogenated alkanes) is 2. The van der Waals surface area contributed by atoms with E-state index in [0.717, 1.165) is 11.8 Å². The zero-order chi connectivity index (χ0) is 11.1. The summed E-state index contributed by atoms with van der Waals surface area (Å²) < 4.78 is 0. The molecule has 1 fully saturated rings. The van der Waals surface area contributed by atoms with E-state index in [2.05, 4.69) is 20.4 Å². The van der Waals surface area contributed by atoms with E-state index >= 15 is 0 Å². The molecule has 1 saturated carbocycles. The predicted molar refractivity (Wildman–Crippen MR) is 69.0 cm³/mol. The van der Waals surface area contributed by atoms with E-state index in [4.69, 9.17) is 0 Å². The maximum absolute atomic E-state index is 4.19. The van der Waals surface area contributed by atoms with Crippen LogP contribution in [0.25, 0.3) is 0 Å². The van der Waals surface area contributed by atoms with E-state index in [1.807, 2.05) is 0 Å². The molecule has 1 rings (SSSR count). The van der Waals surface area contributed by atoms with Crippen LogP contribution in [0.1, 0.15) is 71.6 Å². The summed E-state index contributed by atoms with van der Waals surface area (Å²) in [5, 5.41) is 0. The molecule has 15 heavy (non-hydrogen) atoms. The van der Waals surface area contributed by atoms with Crippen LogP contribution in [0, 0.1) is 11.8 Å². The van der Waals surface area contributed by atoms with Crippen LogP contribution in [-0.4, -0.2) is 0 Å². The molecule has 2 atom stereocenters. The third kappa shape index (κ3) is 4.40. The van der Waals surface area contributed by atoms with Gasteiger partial charge in [-0.2, -0.15) is 0 Å². The summed E-state index contributed by atoms with van der Waals surface area (Å²) in [5.74, 6) is 1.99. The topological polar surface area (TPSA) is 0 Å². The van der Waals surface area contributed by atoms with E-state index in [9.17, 15) is 0 Å². The first-order chi connectivity index (χ1) is 7.27. The Hall–Kier alpha value is -0.260. The molecule has 0 aromatic heterocycles. The van der Waals surface area contributed by atoms with E-state index < -0.39 is 0 Å². The van der Waals surface area contributed by atoms with Gasteiger partial charge >= 0.3 is 0 Å². The van der Waals surface area contributed by atoms with Gasteiger partial charge in [0, 0.05) is 0 Å². The molecule has 0 heterocycles. The third-order valence-corrected chi connectivity index (χ3v) is 3.94. The molecule has 0 bridgehead atoms. The normalized spacial score (nSPS) is 26.9. The molecule has 88 valence electrons. The molecule has 0 nitrogen and oxygen atoms in total. The van der Waals surface area contributed by atoms with Gasteiger partial charge in [-0.1, -0.05) is 58.1 Å². The zero-order valence-corrected chi connectivity index (χ0v) is 10.7. The van der Waals surface area contributed by atoms with Gasteiger partial charge in [0.1, 0.15) is 0 Å². The van der Waals surface area contributed by atoms with Gasteiger partial charge in [-0.15, -0.1) is 0 Å². The fraction of sp³-hybridized carbons (Fsp3) is 0.867. The van der Waals surface area contributed by atoms with Crippen LogP contribution in [0.5, 0.6) is 0 Å². The van der Waals surface area contributed by atoms with Crippen molar-refractivity contribution in [1.29, 1.82) is 0 Å². The molecule has 0 radical (unpaired) electrons. The highest BCUT2D eigenvalue weighted by Gasteiger charge is 2.25. The van der Waals surface area contributed by atoms with Crippen molar-refractivity contribution in [2.24, 2.45) is 11.8 Å². The molecule has 1 aliphatic rings. The predicted octanol–water partition coefficient (Wildman–Crippen LogP) is 5.34. The van der Waals surface area contributed by atoms with Gasteiger partial charge in [-0.3, -0.25) is 0 Å². The summed E-state index contributed by atoms with van der Waals surface area (Å²) >= 11 is 0. The second-order valence-electron chi connectivity index (χ2n) is 5.30. The Morgan fingerprint density at radius 1 is 1.07 bits per heavy atom. The highest BCUT2D eigenvalue weighted by Crippen LogP contribution is 2.38. The van der Waals surface area contributed by atoms with Crippen molar-refractivity contribution in [2.75, 3.05) is 0 Å². The zero-order valence-electron chi connectivity index (χ0n) is 10.7. The first-order valence-electron chi connectivity index (χ1n) is 6.94. The van der Waals surface area contributed by atoms with Crippen LogP contribution >= 0.6 is 0 Å². The van der Waals surface area contributed by atoms with Crippen LogP contribution in [0.3, 0.4) is 0 Å². The molecule has 1 aliphatic carbocycles. The highest BCUT2D eigenvalue weighted by atomic mass is 14.3. The van der Waals surface area contributed by atoms with Gasteiger partial charge in [0.25, 0.3) is 0 Å². The Labute approximate surface area is 96.2 Å². The Bertz CT molecular complexity index is 180. The van der Waals surface area contributed by atoms with Crippen molar-refractivity contribution in [3.05, 3.63) is 12.2 Å². The maximum atomic E-state index is 4.19. The minimum atomic E-state index is 0.970. The largest absolute Gasteiger partial charge is 0.0999 e. The van der Waals surface area contributed by atoms with E-state index in [0.29, 0.717) is 0 Å². The number of allylic oxidation sites excluding steroid dienone is 1. The maximum Gasteiger partial charge on any atom is -0.0292 e. The first-order valence-corrected chi connectivity index (χ1v) is 6.94. The van der Waals surface area contributed by atoms with Crippen LogP contribution in [0.2, 0.25) is 0 Å². The van der Waals surface area contributed by atoms with Crippen molar-refractivity contribution in [1.82, 2.24) is 0 Å². The Balaban J connectivity index is 2.38. The molecule has 0 aromatic carbocycles. The van der Waals surface area contributed by atoms with Crippen LogP contribution in [0.15, 0.2) is 12.2 Å². The van der Waals surface area contributed by atoms with Crippen LogP contribution in [-0.2, 0) is 0 Å². The van der Waals surface area contributed by atoms with Gasteiger partial charge in [0.15, 0.2) is 0 Å². The molecular weight excluding hydrogens is 180 g/mol. The average molecular weight is 208 g/mol. The minimum Gasteiger partial charge on any atom is -0.0999 e. The fourth-order valence-electron chi connectivity index (χ4n) is 2.92. The summed E-state index contributed by atoms with van der Waals surface area (Å²) in [6.45, 7) is 8.80. The minimum absolute atomic E-state index is 0.970. The molecule has 0 N–H and O–H groups in total. The summed E-state index contributed by atoms with van der Waals surface area (Å²) in [6, 6.07) is 0. The lowest BCUT2D eigenvalue weighted by molar-refractivity contribution is 0.237. The second-order valence-corrected chi connectivity index (χ2v) is 5.30. The van der Waals surface area contributed by atoms with Gasteiger partial charge < -0.3 is 0 Å². The molecular formula is C15H28. The highest BCUT2D eigenvalue weighted by molar-refractivity contribution is 5.01. The lowest BCUT2D eigenvalue weighted by Crippen LogP contribution is -2.20. The number of rotatable bonds is 6. The van der Waals surface area contributed by atoms with Gasteiger partial charge in [-0.05, 0) is 37.5 Å². The summed E-state index contributed by atoms with van der Waals surface area (Å²) in [6.07, 6.45) is 12.5. The third-order valence-electron chi connectivity index (χ3n) is 3.94. The standard InChI is InChI=1S/C15H28/c1-4-6-8-14-11-10-13(3)12-15(14)9-7-5-2/h14-15H,3-12H2,1-2H3. The molecule has 0 spiro atoms. The molecule has 0 aromatic rings. The van der Waals surface area contributed by atoms with E-state index in [-0.39, 0.29) is 0 Å². The van der Waals surface area contributed by atoms with Gasteiger partial charge in [0.05, 0.1) is 0 Å². The summed E-state index contributed by atoms with van der Waals surface area (Å²) in [7, 11) is 0. The van der Waals surface area contributed by atoms with Gasteiger partial charge in [-0.25, -0.2) is 0 Å². The Kier molecular flexibility index (Phi) is 6.05. The van der Waals surface area contributed by atoms with Crippen LogP contribution < -0.4 is 0 Å². The fourth-order valence-corrected chi connectivity index (χ4v) is 2.92. The van der Waals surface area contributed by atoms with Crippen LogP contribution in [0.4, 0.5) is 0 Å². The Morgan fingerprint density at radius 3 is 2.27 bits per heavy atom. The van der Waals surface area contributed by atoms with Crippen molar-refractivity contribution >= 4 is 0 Å². The number of hydrogen-bond donors (Lipinski definition) is 0. The lowest BCUT2D eigenvalue weighted by atomic mass is 9.73. The van der Waals surface area contributed by atoms with Crippen molar-refractivity contribution in [3.8, 4) is 0 Å². The monoisotopic (exact) mass is 208 g/mol. The van der Waals surface area contributed by atoms with Crippen molar-refractivity contribution in [3.63, 3.8) is 0 Å². The van der Waals surface area contributed by atoms with Crippen molar-refractivity contribution in [2.45, 2.75) is 71.6 Å². The van der Waals surface area contributed by atoms with E-state index in [1.165, 1.54) is 63.4 Å². The Morgan fingerprint density at radius 2 is 1.67 bits per heavy atom. The SMILES string of the molecule is C=C1CCC(CCCC)C(CCCC)C1. The molecule has 0 amide bonds. The molecule has 0 aliphatic heterocycles. The van der Waals surface area contributed by atoms with E-state index in [1.54, 1.807) is 0 Å². The summed E-state index contributed by atoms with van der Waals surface area (Å²) in [5.41, 5.74) is 1.52. The molecule has 0 heteroatoms. The van der Waals surface area contributed by atoms with Crippen molar-refractivity contribution < 1.29 is 0 Å². The lowest BCUT2D eigenvalue weighted by Gasteiger charge is -2.33. The van der Waals surface area contributed by atoms with Gasteiger partial charge in [0.2, 0.25) is 0 Å². The summed E-state index contributed by atoms with van der Waals surface area (Å²) in [4.78, 5) is 0. The average Bonchev–Trinajstić information content (AvgIpc) is 2.25. The number of hydrogen-bond acceptors (Lipinski definition) is 0. The molecule has 0 saturated heterocycles. The second kappa shape index (κ2) is 7.09. The first kappa shape index (κ1) is 12.8.